The van der Waals surface area contributed by atoms with Gasteiger partial charge in [-0.15, -0.1) is 0 Å². The van der Waals surface area contributed by atoms with Gasteiger partial charge in [0.25, 0.3) is 0 Å². The smallest absolute Gasteiger partial charge is 0.144 e. The van der Waals surface area contributed by atoms with E-state index in [1.165, 1.54) is 5.56 Å². The molecule has 0 aliphatic heterocycles. The number of allylic oxidation sites excluding steroid dienone is 1. The molecule has 0 aromatic heterocycles. The molecule has 0 bridgehead atoms. The first-order valence-corrected chi connectivity index (χ1v) is 6.23. The maximum atomic E-state index is 10.9. The zero-order chi connectivity index (χ0) is 13.7. The van der Waals surface area contributed by atoms with Crippen molar-refractivity contribution >= 4 is 17.7 Å². The molecule has 0 N–H and O–H groups in total. The fourth-order valence-electron chi connectivity index (χ4n) is 1.98. The molecule has 0 aliphatic rings. The Morgan fingerprint density at radius 2 is 1.63 bits per heavy atom. The summed E-state index contributed by atoms with van der Waals surface area (Å²) in [5.74, 6) is 0. The van der Waals surface area contributed by atoms with E-state index in [0.29, 0.717) is 0 Å². The molecule has 0 spiro atoms. The second-order valence-corrected chi connectivity index (χ2v) is 4.45. The van der Waals surface area contributed by atoms with Crippen molar-refractivity contribution < 1.29 is 4.79 Å². The minimum Gasteiger partial charge on any atom is -0.344 e. The molecule has 2 nitrogen and oxygen atoms in total. The van der Waals surface area contributed by atoms with Gasteiger partial charge in [0, 0.05) is 18.8 Å². The number of nitrogens with zero attached hydrogens (tertiary/aromatic N) is 1. The lowest BCUT2D eigenvalue weighted by atomic mass is 10.1. The van der Waals surface area contributed by atoms with Crippen molar-refractivity contribution in [2.75, 3.05) is 11.9 Å². The highest BCUT2D eigenvalue weighted by atomic mass is 16.1. The van der Waals surface area contributed by atoms with Gasteiger partial charge in [0.15, 0.2) is 0 Å². The Morgan fingerprint density at radius 1 is 1.00 bits per heavy atom. The highest BCUT2D eigenvalue weighted by Gasteiger charge is 2.08. The van der Waals surface area contributed by atoms with Gasteiger partial charge in [0.2, 0.25) is 0 Å². The molecule has 0 amide bonds. The molecule has 0 atom stereocenters. The number of carbonyl (C=O) groups excluding carboxylic acids is 1. The largest absolute Gasteiger partial charge is 0.344 e. The summed E-state index contributed by atoms with van der Waals surface area (Å²) in [6.45, 7) is 2.06. The van der Waals surface area contributed by atoms with Gasteiger partial charge < -0.3 is 4.90 Å². The van der Waals surface area contributed by atoms with Crippen molar-refractivity contribution in [2.45, 2.75) is 6.92 Å². The predicted molar refractivity (Wildman–Crippen MR) is 80.1 cm³/mol. The Bertz CT molecular complexity index is 570. The van der Waals surface area contributed by atoms with E-state index < -0.39 is 0 Å². The van der Waals surface area contributed by atoms with Crippen molar-refractivity contribution in [1.82, 2.24) is 0 Å². The van der Waals surface area contributed by atoms with Crippen LogP contribution in [0.15, 0.2) is 60.7 Å². The van der Waals surface area contributed by atoms with Gasteiger partial charge in [-0.1, -0.05) is 48.0 Å². The predicted octanol–water partition coefficient (Wildman–Crippen LogP) is 3.67. The van der Waals surface area contributed by atoms with Crippen LogP contribution in [0.2, 0.25) is 0 Å². The van der Waals surface area contributed by atoms with Gasteiger partial charge in [-0.05, 0) is 24.6 Å². The van der Waals surface area contributed by atoms with E-state index in [1.54, 1.807) is 6.08 Å². The summed E-state index contributed by atoms with van der Waals surface area (Å²) in [6, 6.07) is 18.1. The summed E-state index contributed by atoms with van der Waals surface area (Å²) in [7, 11) is 1.97. The van der Waals surface area contributed by atoms with Gasteiger partial charge >= 0.3 is 0 Å². The lowest BCUT2D eigenvalue weighted by Gasteiger charge is -2.23. The first-order chi connectivity index (χ1) is 9.22. The molecule has 2 aromatic carbocycles. The molecular formula is C17H17NO. The second-order valence-electron chi connectivity index (χ2n) is 4.45. The summed E-state index contributed by atoms with van der Waals surface area (Å²) in [6.07, 6.45) is 2.42. The van der Waals surface area contributed by atoms with E-state index >= 15 is 0 Å². The summed E-state index contributed by atoms with van der Waals surface area (Å²) in [4.78, 5) is 12.9. The molecule has 0 heterocycles. The highest BCUT2D eigenvalue weighted by Crippen LogP contribution is 2.24. The van der Waals surface area contributed by atoms with Crippen LogP contribution in [-0.2, 0) is 4.79 Å². The molecule has 0 aliphatic carbocycles. The average Bonchev–Trinajstić information content (AvgIpc) is 2.46. The van der Waals surface area contributed by atoms with Gasteiger partial charge in [-0.2, -0.15) is 0 Å². The zero-order valence-electron chi connectivity index (χ0n) is 11.2. The van der Waals surface area contributed by atoms with Crippen LogP contribution >= 0.6 is 0 Å². The van der Waals surface area contributed by atoms with Crippen LogP contribution in [0.1, 0.15) is 11.1 Å². The van der Waals surface area contributed by atoms with Gasteiger partial charge in [0.05, 0.1) is 5.70 Å². The summed E-state index contributed by atoms with van der Waals surface area (Å²) >= 11 is 0. The highest BCUT2D eigenvalue weighted by molar-refractivity contribution is 5.88. The van der Waals surface area contributed by atoms with E-state index in [2.05, 4.69) is 31.2 Å². The molecule has 0 unspecified atom stereocenters. The first-order valence-electron chi connectivity index (χ1n) is 6.23. The summed E-state index contributed by atoms with van der Waals surface area (Å²) in [5.41, 5.74) is 4.19. The first kappa shape index (κ1) is 13.1. The van der Waals surface area contributed by atoms with E-state index in [0.717, 1.165) is 23.2 Å². The molecule has 0 radical (unpaired) electrons. The van der Waals surface area contributed by atoms with Gasteiger partial charge in [-0.3, -0.25) is 4.79 Å². The van der Waals surface area contributed by atoms with E-state index in [-0.39, 0.29) is 0 Å². The normalized spacial score (nSPS) is 11.2. The van der Waals surface area contributed by atoms with Gasteiger partial charge in [-0.25, -0.2) is 0 Å². The number of rotatable bonds is 4. The number of anilines is 1. The van der Waals surface area contributed by atoms with Crippen LogP contribution in [0.4, 0.5) is 5.69 Å². The average molecular weight is 251 g/mol. The number of aldehydes is 1. The lowest BCUT2D eigenvalue weighted by molar-refractivity contribution is -0.104. The maximum Gasteiger partial charge on any atom is 0.144 e. The van der Waals surface area contributed by atoms with Crippen LogP contribution in [0.5, 0.6) is 0 Å². The van der Waals surface area contributed by atoms with Crippen molar-refractivity contribution in [2.24, 2.45) is 0 Å². The lowest BCUT2D eigenvalue weighted by Crippen LogP contribution is -2.15. The zero-order valence-corrected chi connectivity index (χ0v) is 11.2. The number of hydrogen-bond donors (Lipinski definition) is 0. The third kappa shape index (κ3) is 3.10. The minimum absolute atomic E-state index is 0.826. The quantitative estimate of drug-likeness (QED) is 0.610. The number of hydrogen-bond acceptors (Lipinski definition) is 2. The molecule has 2 heteroatoms. The Kier molecular flexibility index (Phi) is 4.14. The monoisotopic (exact) mass is 251 g/mol. The summed E-state index contributed by atoms with van der Waals surface area (Å²) < 4.78 is 0. The fraction of sp³-hybridized carbons (Fsp3) is 0.118. The Hall–Kier alpha value is -2.35. The molecular weight excluding hydrogens is 234 g/mol. The molecule has 0 saturated carbocycles. The van der Waals surface area contributed by atoms with Gasteiger partial charge in [0.1, 0.15) is 6.29 Å². The fourth-order valence-corrected chi connectivity index (χ4v) is 1.98. The van der Waals surface area contributed by atoms with E-state index in [9.17, 15) is 4.79 Å². The molecule has 2 rings (SSSR count). The topological polar surface area (TPSA) is 20.3 Å². The minimum atomic E-state index is 0.826. The van der Waals surface area contributed by atoms with Crippen molar-refractivity contribution in [1.29, 1.82) is 0 Å². The Balaban J connectivity index is 2.38. The standard InChI is InChI=1S/C17H17NO/c1-14-8-10-16(11-9-14)18(2)17(12-13-19)15-6-4-3-5-7-15/h3-13H,1-2H3/b17-12+. The van der Waals surface area contributed by atoms with Crippen LogP contribution < -0.4 is 4.90 Å². The number of aryl methyl sites for hydroxylation is 1. The Morgan fingerprint density at radius 3 is 2.21 bits per heavy atom. The summed E-state index contributed by atoms with van der Waals surface area (Å²) in [5, 5.41) is 0. The van der Waals surface area contributed by atoms with Crippen molar-refractivity contribution in [3.8, 4) is 0 Å². The third-order valence-electron chi connectivity index (χ3n) is 3.08. The van der Waals surface area contributed by atoms with E-state index in [4.69, 9.17) is 0 Å². The Labute approximate surface area is 114 Å². The van der Waals surface area contributed by atoms with Crippen LogP contribution in [0, 0.1) is 6.92 Å². The number of carbonyl (C=O) groups is 1. The SMILES string of the molecule is Cc1ccc(N(C)/C(=C/C=O)c2ccccc2)cc1. The third-order valence-corrected chi connectivity index (χ3v) is 3.08. The van der Waals surface area contributed by atoms with Crippen LogP contribution in [-0.4, -0.2) is 13.3 Å². The number of benzene rings is 2. The molecule has 2 aromatic rings. The maximum absolute atomic E-state index is 10.9. The molecule has 96 valence electrons. The van der Waals surface area contributed by atoms with E-state index in [1.807, 2.05) is 42.3 Å². The van der Waals surface area contributed by atoms with Crippen molar-refractivity contribution in [3.63, 3.8) is 0 Å². The van der Waals surface area contributed by atoms with Crippen LogP contribution in [0.3, 0.4) is 0 Å². The second kappa shape index (κ2) is 6.01. The molecule has 0 saturated heterocycles. The molecule has 19 heavy (non-hydrogen) atoms. The molecule has 0 fully saturated rings. The van der Waals surface area contributed by atoms with Crippen LogP contribution in [0.25, 0.3) is 5.70 Å². The van der Waals surface area contributed by atoms with Crippen molar-refractivity contribution in [3.05, 3.63) is 71.8 Å².